The van der Waals surface area contributed by atoms with E-state index in [2.05, 4.69) is 0 Å². The molecule has 1 fully saturated rings. The fourth-order valence-electron chi connectivity index (χ4n) is 2.64. The number of nitrogens with zero attached hydrogens (tertiary/aromatic N) is 1. The van der Waals surface area contributed by atoms with Crippen LogP contribution in [-0.2, 0) is 4.79 Å². The van der Waals surface area contributed by atoms with Crippen LogP contribution in [0.25, 0.3) is 0 Å². The lowest BCUT2D eigenvalue weighted by atomic mass is 10.1. The summed E-state index contributed by atoms with van der Waals surface area (Å²) in [5.41, 5.74) is 1.02. The molecule has 110 valence electrons. The third-order valence-corrected chi connectivity index (χ3v) is 3.85. The third-order valence-electron chi connectivity index (χ3n) is 3.85. The Labute approximate surface area is 120 Å². The van der Waals surface area contributed by atoms with Gasteiger partial charge in [0.1, 0.15) is 5.75 Å². The number of ether oxygens (including phenoxy) is 1. The predicted octanol–water partition coefficient (Wildman–Crippen LogP) is 2.14. The molecule has 20 heavy (non-hydrogen) atoms. The van der Waals surface area contributed by atoms with Gasteiger partial charge in [0.15, 0.2) is 6.61 Å². The molecule has 1 unspecified atom stereocenters. The van der Waals surface area contributed by atoms with Crippen LogP contribution < -0.4 is 4.74 Å². The number of aryl methyl sites for hydroxylation is 1. The van der Waals surface area contributed by atoms with Crippen LogP contribution in [0.15, 0.2) is 24.3 Å². The number of para-hydroxylation sites is 1. The van der Waals surface area contributed by atoms with E-state index in [-0.39, 0.29) is 25.2 Å². The Balaban J connectivity index is 1.94. The molecule has 1 heterocycles. The molecule has 1 aromatic rings. The zero-order valence-electron chi connectivity index (χ0n) is 12.0. The number of carbonyl (C=O) groups excluding carboxylic acids is 1. The Morgan fingerprint density at radius 1 is 1.35 bits per heavy atom. The fraction of sp³-hybridized carbons (Fsp3) is 0.562. The number of likely N-dealkylation sites (tertiary alicyclic amines) is 1. The van der Waals surface area contributed by atoms with Gasteiger partial charge in [0.05, 0.1) is 12.6 Å². The number of hydrogen-bond acceptors (Lipinski definition) is 3. The minimum Gasteiger partial charge on any atom is -0.484 e. The number of benzene rings is 1. The molecular formula is C16H23NO3. The summed E-state index contributed by atoms with van der Waals surface area (Å²) in [7, 11) is 0. The van der Waals surface area contributed by atoms with Crippen LogP contribution in [0, 0.1) is 6.92 Å². The highest BCUT2D eigenvalue weighted by atomic mass is 16.5. The summed E-state index contributed by atoms with van der Waals surface area (Å²) in [6.45, 7) is 2.76. The summed E-state index contributed by atoms with van der Waals surface area (Å²) in [5.74, 6) is 0.713. The molecule has 1 saturated heterocycles. The van der Waals surface area contributed by atoms with Crippen molar-refractivity contribution in [3.8, 4) is 5.75 Å². The molecule has 0 spiro atoms. The summed E-state index contributed by atoms with van der Waals surface area (Å²) >= 11 is 0. The van der Waals surface area contributed by atoms with Crippen molar-refractivity contribution in [3.05, 3.63) is 29.8 Å². The number of aliphatic hydroxyl groups is 1. The molecule has 0 radical (unpaired) electrons. The molecular weight excluding hydrogens is 254 g/mol. The van der Waals surface area contributed by atoms with Crippen molar-refractivity contribution in [3.63, 3.8) is 0 Å². The summed E-state index contributed by atoms with van der Waals surface area (Å²) < 4.78 is 5.61. The normalized spacial score (nSPS) is 19.5. The minimum absolute atomic E-state index is 0.0331. The van der Waals surface area contributed by atoms with Crippen LogP contribution in [0.2, 0.25) is 0 Å². The lowest BCUT2D eigenvalue weighted by Crippen LogP contribution is -2.44. The highest BCUT2D eigenvalue weighted by Crippen LogP contribution is 2.19. The summed E-state index contributed by atoms with van der Waals surface area (Å²) in [6, 6.07) is 7.62. The maximum absolute atomic E-state index is 12.3. The average Bonchev–Trinajstić information content (AvgIpc) is 2.71. The van der Waals surface area contributed by atoms with Gasteiger partial charge in [-0.1, -0.05) is 31.0 Å². The molecule has 0 aliphatic carbocycles. The van der Waals surface area contributed by atoms with Gasteiger partial charge < -0.3 is 14.7 Å². The Kier molecular flexibility index (Phi) is 5.41. The van der Waals surface area contributed by atoms with Crippen LogP contribution in [0.4, 0.5) is 0 Å². The molecule has 1 amide bonds. The van der Waals surface area contributed by atoms with Gasteiger partial charge in [-0.3, -0.25) is 4.79 Å². The smallest absolute Gasteiger partial charge is 0.260 e. The fourth-order valence-corrected chi connectivity index (χ4v) is 2.64. The van der Waals surface area contributed by atoms with E-state index in [1.54, 1.807) is 4.90 Å². The van der Waals surface area contributed by atoms with Gasteiger partial charge in [-0.15, -0.1) is 0 Å². The molecule has 0 aromatic heterocycles. The monoisotopic (exact) mass is 277 g/mol. The van der Waals surface area contributed by atoms with Gasteiger partial charge in [0.2, 0.25) is 0 Å². The third kappa shape index (κ3) is 3.73. The van der Waals surface area contributed by atoms with Crippen molar-refractivity contribution in [2.24, 2.45) is 0 Å². The summed E-state index contributed by atoms with van der Waals surface area (Å²) in [5, 5.41) is 9.43. The first kappa shape index (κ1) is 14.9. The quantitative estimate of drug-likeness (QED) is 0.917. The van der Waals surface area contributed by atoms with E-state index in [1.807, 2.05) is 31.2 Å². The first-order valence-corrected chi connectivity index (χ1v) is 7.31. The first-order valence-electron chi connectivity index (χ1n) is 7.31. The van der Waals surface area contributed by atoms with Crippen molar-refractivity contribution >= 4 is 5.91 Å². The molecule has 1 aliphatic rings. The van der Waals surface area contributed by atoms with Gasteiger partial charge in [-0.25, -0.2) is 0 Å². The standard InChI is InChI=1S/C16H23NO3/c1-13-7-4-5-9-15(13)20-12-16(19)17-10-6-2-3-8-14(17)11-18/h4-5,7,9,14,18H,2-3,6,8,10-12H2,1H3. The van der Waals surface area contributed by atoms with Crippen molar-refractivity contribution in [1.82, 2.24) is 4.90 Å². The molecule has 1 aromatic carbocycles. The molecule has 4 nitrogen and oxygen atoms in total. The number of hydrogen-bond donors (Lipinski definition) is 1. The summed E-state index contributed by atoms with van der Waals surface area (Å²) in [6.07, 6.45) is 4.09. The van der Waals surface area contributed by atoms with Gasteiger partial charge in [0, 0.05) is 6.54 Å². The Hall–Kier alpha value is -1.55. The molecule has 2 rings (SSSR count). The number of rotatable bonds is 4. The number of aliphatic hydroxyl groups excluding tert-OH is 1. The number of amides is 1. The highest BCUT2D eigenvalue weighted by Gasteiger charge is 2.25. The molecule has 0 bridgehead atoms. The topological polar surface area (TPSA) is 49.8 Å². The molecule has 4 heteroatoms. The van der Waals surface area contributed by atoms with E-state index in [4.69, 9.17) is 4.74 Å². The highest BCUT2D eigenvalue weighted by molar-refractivity contribution is 5.78. The Morgan fingerprint density at radius 2 is 2.15 bits per heavy atom. The first-order chi connectivity index (χ1) is 9.72. The second-order valence-corrected chi connectivity index (χ2v) is 5.33. The largest absolute Gasteiger partial charge is 0.484 e. The van der Waals surface area contributed by atoms with Crippen molar-refractivity contribution in [1.29, 1.82) is 0 Å². The van der Waals surface area contributed by atoms with Crippen LogP contribution in [0.1, 0.15) is 31.2 Å². The van der Waals surface area contributed by atoms with Crippen LogP contribution in [0.5, 0.6) is 5.75 Å². The maximum Gasteiger partial charge on any atom is 0.260 e. The van der Waals surface area contributed by atoms with Gasteiger partial charge >= 0.3 is 0 Å². The van der Waals surface area contributed by atoms with E-state index in [0.717, 1.165) is 43.5 Å². The number of carbonyl (C=O) groups is 1. The predicted molar refractivity (Wildman–Crippen MR) is 77.7 cm³/mol. The van der Waals surface area contributed by atoms with Crippen LogP contribution in [0.3, 0.4) is 0 Å². The van der Waals surface area contributed by atoms with E-state index in [0.29, 0.717) is 0 Å². The summed E-state index contributed by atoms with van der Waals surface area (Å²) in [4.78, 5) is 14.1. The maximum atomic E-state index is 12.3. The lowest BCUT2D eigenvalue weighted by Gasteiger charge is -2.28. The van der Waals surface area contributed by atoms with Gasteiger partial charge in [0.25, 0.3) is 5.91 Å². The van der Waals surface area contributed by atoms with Crippen molar-refractivity contribution < 1.29 is 14.6 Å². The molecule has 1 N–H and O–H groups in total. The SMILES string of the molecule is Cc1ccccc1OCC(=O)N1CCCCCC1CO. The molecule has 0 saturated carbocycles. The van der Waals surface area contributed by atoms with Crippen LogP contribution in [-0.4, -0.2) is 41.7 Å². The second-order valence-electron chi connectivity index (χ2n) is 5.33. The molecule has 1 aliphatic heterocycles. The minimum atomic E-state index is -0.0505. The van der Waals surface area contributed by atoms with Crippen molar-refractivity contribution in [2.75, 3.05) is 19.8 Å². The average molecular weight is 277 g/mol. The Morgan fingerprint density at radius 3 is 2.90 bits per heavy atom. The van der Waals surface area contributed by atoms with E-state index < -0.39 is 0 Å². The zero-order valence-corrected chi connectivity index (χ0v) is 12.0. The van der Waals surface area contributed by atoms with E-state index >= 15 is 0 Å². The van der Waals surface area contributed by atoms with E-state index in [9.17, 15) is 9.90 Å². The van der Waals surface area contributed by atoms with Gasteiger partial charge in [-0.05, 0) is 31.4 Å². The van der Waals surface area contributed by atoms with Crippen molar-refractivity contribution in [2.45, 2.75) is 38.6 Å². The van der Waals surface area contributed by atoms with Gasteiger partial charge in [-0.2, -0.15) is 0 Å². The Bertz CT molecular complexity index is 447. The van der Waals surface area contributed by atoms with Crippen LogP contribution >= 0.6 is 0 Å². The molecule has 1 atom stereocenters. The zero-order chi connectivity index (χ0) is 14.4. The second kappa shape index (κ2) is 7.29. The lowest BCUT2D eigenvalue weighted by molar-refractivity contribution is -0.136. The van der Waals surface area contributed by atoms with E-state index in [1.165, 1.54) is 0 Å².